The highest BCUT2D eigenvalue weighted by Gasteiger charge is 2.24. The first-order valence-electron chi connectivity index (χ1n) is 6.24. The zero-order valence-corrected chi connectivity index (χ0v) is 9.21. The van der Waals surface area contributed by atoms with Gasteiger partial charge in [0.25, 0.3) is 0 Å². The average Bonchev–Trinajstić information content (AvgIpc) is 3.10. The van der Waals surface area contributed by atoms with Gasteiger partial charge in [-0.05, 0) is 55.7 Å². The molecule has 0 amide bonds. The van der Waals surface area contributed by atoms with Crippen molar-refractivity contribution in [2.45, 2.75) is 38.1 Å². The molecule has 80 valence electrons. The monoisotopic (exact) mass is 201 g/mol. The Morgan fingerprint density at radius 3 is 2.87 bits per heavy atom. The minimum atomic E-state index is 0.635. The Morgan fingerprint density at radius 1 is 1.13 bits per heavy atom. The lowest BCUT2D eigenvalue weighted by Gasteiger charge is -2.26. The topological polar surface area (TPSA) is 12.0 Å². The van der Waals surface area contributed by atoms with Crippen LogP contribution in [-0.2, 0) is 6.42 Å². The fraction of sp³-hybridized carbons (Fsp3) is 0.571. The summed E-state index contributed by atoms with van der Waals surface area (Å²) in [6.45, 7) is 1.24. The zero-order chi connectivity index (χ0) is 10.1. The summed E-state index contributed by atoms with van der Waals surface area (Å²) in [6, 6.07) is 9.58. The Bertz CT molecular complexity index is 341. The van der Waals surface area contributed by atoms with E-state index in [1.165, 1.54) is 38.6 Å². The Balaban J connectivity index is 1.73. The van der Waals surface area contributed by atoms with Crippen LogP contribution in [0.15, 0.2) is 24.3 Å². The molecule has 1 heteroatoms. The van der Waals surface area contributed by atoms with Crippen molar-refractivity contribution in [2.24, 2.45) is 5.92 Å². The smallest absolute Gasteiger partial charge is 0.0323 e. The maximum Gasteiger partial charge on any atom is 0.0323 e. The molecular formula is C14H19N. The maximum absolute atomic E-state index is 3.74. The number of hydrogen-bond donors (Lipinski definition) is 1. The second-order valence-electron chi connectivity index (χ2n) is 5.00. The van der Waals surface area contributed by atoms with Crippen molar-refractivity contribution in [3.05, 3.63) is 35.4 Å². The fourth-order valence-electron chi connectivity index (χ4n) is 2.60. The van der Waals surface area contributed by atoms with Crippen molar-refractivity contribution < 1.29 is 0 Å². The van der Waals surface area contributed by atoms with Crippen molar-refractivity contribution in [1.82, 2.24) is 5.32 Å². The molecule has 2 aliphatic rings. The largest absolute Gasteiger partial charge is 0.310 e. The molecule has 1 aromatic rings. The van der Waals surface area contributed by atoms with Crippen LogP contribution in [0, 0.1) is 5.92 Å². The van der Waals surface area contributed by atoms with Crippen LogP contribution in [-0.4, -0.2) is 6.54 Å². The van der Waals surface area contributed by atoms with Gasteiger partial charge >= 0.3 is 0 Å². The van der Waals surface area contributed by atoms with E-state index in [9.17, 15) is 0 Å². The second-order valence-corrected chi connectivity index (χ2v) is 5.00. The van der Waals surface area contributed by atoms with Crippen molar-refractivity contribution in [3.8, 4) is 0 Å². The van der Waals surface area contributed by atoms with Gasteiger partial charge in [-0.3, -0.25) is 0 Å². The molecule has 1 unspecified atom stereocenters. The highest BCUT2D eigenvalue weighted by atomic mass is 14.9. The molecule has 1 fully saturated rings. The molecule has 1 nitrogen and oxygen atoms in total. The summed E-state index contributed by atoms with van der Waals surface area (Å²) in [4.78, 5) is 0. The molecule has 2 aliphatic carbocycles. The van der Waals surface area contributed by atoms with E-state index in [2.05, 4.69) is 29.6 Å². The van der Waals surface area contributed by atoms with E-state index in [0.717, 1.165) is 5.92 Å². The molecule has 0 bridgehead atoms. The minimum Gasteiger partial charge on any atom is -0.310 e. The van der Waals surface area contributed by atoms with Crippen LogP contribution >= 0.6 is 0 Å². The molecule has 0 spiro atoms. The van der Waals surface area contributed by atoms with Crippen molar-refractivity contribution in [2.75, 3.05) is 6.54 Å². The van der Waals surface area contributed by atoms with E-state index in [4.69, 9.17) is 0 Å². The molecule has 0 aromatic heterocycles. The third kappa shape index (κ3) is 2.07. The first kappa shape index (κ1) is 9.41. The summed E-state index contributed by atoms with van der Waals surface area (Å²) < 4.78 is 0. The Kier molecular flexibility index (Phi) is 2.49. The maximum atomic E-state index is 3.74. The molecular weight excluding hydrogens is 182 g/mol. The molecule has 1 saturated carbocycles. The molecule has 0 radical (unpaired) electrons. The summed E-state index contributed by atoms with van der Waals surface area (Å²) in [5.74, 6) is 0.985. The van der Waals surface area contributed by atoms with Gasteiger partial charge in [0.05, 0.1) is 0 Å². The molecule has 1 atom stereocenters. The minimum absolute atomic E-state index is 0.635. The lowest BCUT2D eigenvalue weighted by atomic mass is 9.88. The average molecular weight is 201 g/mol. The lowest BCUT2D eigenvalue weighted by Crippen LogP contribution is -2.26. The first-order chi connectivity index (χ1) is 7.43. The second kappa shape index (κ2) is 3.97. The summed E-state index contributed by atoms with van der Waals surface area (Å²) in [7, 11) is 0. The van der Waals surface area contributed by atoms with Crippen LogP contribution in [0.1, 0.15) is 42.9 Å². The van der Waals surface area contributed by atoms with Gasteiger partial charge < -0.3 is 5.32 Å². The number of rotatable bonds is 3. The molecule has 0 heterocycles. The van der Waals surface area contributed by atoms with Crippen molar-refractivity contribution in [1.29, 1.82) is 0 Å². The van der Waals surface area contributed by atoms with Gasteiger partial charge in [-0.1, -0.05) is 24.3 Å². The normalized spacial score (nSPS) is 24.9. The lowest BCUT2D eigenvalue weighted by molar-refractivity contribution is 0.450. The van der Waals surface area contributed by atoms with Crippen LogP contribution in [0.3, 0.4) is 0 Å². The summed E-state index contributed by atoms with van der Waals surface area (Å²) in [5, 5.41) is 3.74. The number of hydrogen-bond acceptors (Lipinski definition) is 1. The van der Waals surface area contributed by atoms with Gasteiger partial charge in [-0.15, -0.1) is 0 Å². The predicted molar refractivity (Wildman–Crippen MR) is 62.8 cm³/mol. The highest BCUT2D eigenvalue weighted by Crippen LogP contribution is 2.32. The van der Waals surface area contributed by atoms with Gasteiger partial charge in [0.15, 0.2) is 0 Å². The molecule has 15 heavy (non-hydrogen) atoms. The molecule has 3 rings (SSSR count). The van der Waals surface area contributed by atoms with Gasteiger partial charge in [0, 0.05) is 6.04 Å². The Morgan fingerprint density at radius 2 is 2.00 bits per heavy atom. The van der Waals surface area contributed by atoms with Crippen LogP contribution < -0.4 is 5.32 Å². The first-order valence-corrected chi connectivity index (χ1v) is 6.24. The van der Waals surface area contributed by atoms with E-state index in [0.29, 0.717) is 6.04 Å². The standard InChI is InChI=1S/C14H19N/c1-2-6-13-12(4-1)5-3-7-14(13)15-10-11-8-9-11/h1-2,4,6,11,14-15H,3,5,7-10H2. The summed E-state index contributed by atoms with van der Waals surface area (Å²) in [5.41, 5.74) is 3.13. The quantitative estimate of drug-likeness (QED) is 0.792. The van der Waals surface area contributed by atoms with Crippen molar-refractivity contribution >= 4 is 0 Å². The fourth-order valence-corrected chi connectivity index (χ4v) is 2.60. The van der Waals surface area contributed by atoms with E-state index in [-0.39, 0.29) is 0 Å². The molecule has 1 N–H and O–H groups in total. The predicted octanol–water partition coefficient (Wildman–Crippen LogP) is 3.06. The van der Waals surface area contributed by atoms with Gasteiger partial charge in [-0.2, -0.15) is 0 Å². The highest BCUT2D eigenvalue weighted by molar-refractivity contribution is 5.32. The third-order valence-electron chi connectivity index (χ3n) is 3.72. The van der Waals surface area contributed by atoms with Crippen LogP contribution in [0.4, 0.5) is 0 Å². The van der Waals surface area contributed by atoms with Gasteiger partial charge in [0.1, 0.15) is 0 Å². The summed E-state index contributed by atoms with van der Waals surface area (Å²) >= 11 is 0. The van der Waals surface area contributed by atoms with E-state index < -0.39 is 0 Å². The zero-order valence-electron chi connectivity index (χ0n) is 9.21. The molecule has 0 saturated heterocycles. The van der Waals surface area contributed by atoms with E-state index in [1.807, 2.05) is 0 Å². The van der Waals surface area contributed by atoms with Gasteiger partial charge in [0.2, 0.25) is 0 Å². The SMILES string of the molecule is c1ccc2c(c1)CCCC2NCC1CC1. The number of aryl methyl sites for hydroxylation is 1. The van der Waals surface area contributed by atoms with Crippen LogP contribution in [0.25, 0.3) is 0 Å². The number of benzene rings is 1. The van der Waals surface area contributed by atoms with E-state index >= 15 is 0 Å². The van der Waals surface area contributed by atoms with E-state index in [1.54, 1.807) is 11.1 Å². The van der Waals surface area contributed by atoms with Crippen LogP contribution in [0.2, 0.25) is 0 Å². The number of fused-ring (bicyclic) bond motifs is 1. The number of nitrogens with one attached hydrogen (secondary N) is 1. The van der Waals surface area contributed by atoms with Gasteiger partial charge in [-0.25, -0.2) is 0 Å². The van der Waals surface area contributed by atoms with Crippen LogP contribution in [0.5, 0.6) is 0 Å². The Hall–Kier alpha value is -0.820. The summed E-state index contributed by atoms with van der Waals surface area (Å²) in [6.07, 6.45) is 6.84. The Labute approximate surface area is 91.9 Å². The third-order valence-corrected chi connectivity index (χ3v) is 3.72. The van der Waals surface area contributed by atoms with Crippen molar-refractivity contribution in [3.63, 3.8) is 0 Å². The molecule has 0 aliphatic heterocycles. The molecule has 1 aromatic carbocycles.